The van der Waals surface area contributed by atoms with Gasteiger partial charge in [0.05, 0.1) is 7.11 Å². The van der Waals surface area contributed by atoms with Gasteiger partial charge in [-0.25, -0.2) is 0 Å². The molecule has 2 N–H and O–H groups in total. The topological polar surface area (TPSA) is 52.9 Å². The van der Waals surface area contributed by atoms with Gasteiger partial charge in [0, 0.05) is 13.1 Å². The minimum Gasteiger partial charge on any atom is -0.497 e. The molecular weight excluding hydrogens is 229 g/mol. The van der Waals surface area contributed by atoms with Crippen LogP contribution < -0.4 is 10.2 Å². The van der Waals surface area contributed by atoms with Crippen LogP contribution in [0.1, 0.15) is 19.4 Å². The summed E-state index contributed by atoms with van der Waals surface area (Å²) in [6, 6.07) is 5.29. The standard InChI is InChI=1S/C13H22BNO3/c1-10(2)8-15(3)9-11-7-12(18-4)5-6-13(11)14(16)17/h5-7,10,16-17H,8-9H2,1-4H3. The van der Waals surface area contributed by atoms with Gasteiger partial charge in [-0.2, -0.15) is 0 Å². The molecule has 1 aromatic rings. The molecule has 0 radical (unpaired) electrons. The van der Waals surface area contributed by atoms with Gasteiger partial charge in [0.2, 0.25) is 0 Å². The van der Waals surface area contributed by atoms with E-state index in [0.717, 1.165) is 17.9 Å². The van der Waals surface area contributed by atoms with Gasteiger partial charge in [0.1, 0.15) is 5.75 Å². The number of benzene rings is 1. The van der Waals surface area contributed by atoms with Crippen molar-refractivity contribution in [2.75, 3.05) is 20.7 Å². The van der Waals surface area contributed by atoms with E-state index in [0.29, 0.717) is 17.9 Å². The molecule has 0 heterocycles. The van der Waals surface area contributed by atoms with Crippen LogP contribution in [0, 0.1) is 5.92 Å². The summed E-state index contributed by atoms with van der Waals surface area (Å²) in [6.45, 7) is 5.94. The maximum absolute atomic E-state index is 9.36. The second kappa shape index (κ2) is 6.78. The molecular formula is C13H22BNO3. The minimum absolute atomic E-state index is 0.534. The molecule has 4 nitrogen and oxygen atoms in total. The second-order valence-corrected chi connectivity index (χ2v) is 5.03. The van der Waals surface area contributed by atoms with Crippen molar-refractivity contribution in [1.82, 2.24) is 4.90 Å². The summed E-state index contributed by atoms with van der Waals surface area (Å²) in [5.74, 6) is 1.30. The van der Waals surface area contributed by atoms with Crippen LogP contribution in [0.25, 0.3) is 0 Å². The molecule has 0 aliphatic rings. The number of rotatable bonds is 6. The van der Waals surface area contributed by atoms with Gasteiger partial charge in [-0.1, -0.05) is 19.9 Å². The predicted octanol–water partition coefficient (Wildman–Crippen LogP) is 0.463. The molecule has 0 aliphatic carbocycles. The Kier molecular flexibility index (Phi) is 5.66. The first-order chi connectivity index (χ1) is 8.43. The molecule has 1 rings (SSSR count). The lowest BCUT2D eigenvalue weighted by atomic mass is 9.77. The van der Waals surface area contributed by atoms with Gasteiger partial charge in [0.15, 0.2) is 0 Å². The Labute approximate surface area is 109 Å². The van der Waals surface area contributed by atoms with Crippen LogP contribution in [0.2, 0.25) is 0 Å². The van der Waals surface area contributed by atoms with Crippen LogP contribution in [0.3, 0.4) is 0 Å². The van der Waals surface area contributed by atoms with Gasteiger partial charge in [-0.15, -0.1) is 0 Å². The van der Waals surface area contributed by atoms with Gasteiger partial charge in [-0.05, 0) is 36.1 Å². The maximum Gasteiger partial charge on any atom is 0.488 e. The van der Waals surface area contributed by atoms with E-state index in [1.807, 2.05) is 13.1 Å². The molecule has 0 amide bonds. The number of nitrogens with zero attached hydrogens (tertiary/aromatic N) is 1. The van der Waals surface area contributed by atoms with Crippen LogP contribution in [0.4, 0.5) is 0 Å². The molecule has 0 aromatic heterocycles. The largest absolute Gasteiger partial charge is 0.497 e. The first-order valence-electron chi connectivity index (χ1n) is 6.15. The highest BCUT2D eigenvalue weighted by Gasteiger charge is 2.17. The fourth-order valence-electron chi connectivity index (χ4n) is 2.08. The Morgan fingerprint density at radius 3 is 2.50 bits per heavy atom. The van der Waals surface area contributed by atoms with Gasteiger partial charge in [-0.3, -0.25) is 0 Å². The fraction of sp³-hybridized carbons (Fsp3) is 0.538. The van der Waals surface area contributed by atoms with Crippen LogP contribution >= 0.6 is 0 Å². The number of methoxy groups -OCH3 is 1. The van der Waals surface area contributed by atoms with Crippen molar-refractivity contribution in [1.29, 1.82) is 0 Å². The summed E-state index contributed by atoms with van der Waals surface area (Å²) in [5.41, 5.74) is 1.42. The minimum atomic E-state index is -1.45. The third kappa shape index (κ3) is 4.33. The van der Waals surface area contributed by atoms with Gasteiger partial charge in [0.25, 0.3) is 0 Å². The van der Waals surface area contributed by atoms with Crippen molar-refractivity contribution in [2.45, 2.75) is 20.4 Å². The van der Waals surface area contributed by atoms with Crippen molar-refractivity contribution >= 4 is 12.6 Å². The molecule has 1 aromatic carbocycles. The average molecular weight is 251 g/mol. The summed E-state index contributed by atoms with van der Waals surface area (Å²) in [5, 5.41) is 18.7. The molecule has 0 bridgehead atoms. The Hall–Kier alpha value is -1.04. The van der Waals surface area contributed by atoms with Crippen LogP contribution in [0.5, 0.6) is 5.75 Å². The Morgan fingerprint density at radius 1 is 1.33 bits per heavy atom. The normalized spacial score (nSPS) is 11.1. The average Bonchev–Trinajstić information content (AvgIpc) is 2.27. The van der Waals surface area contributed by atoms with E-state index >= 15 is 0 Å². The quantitative estimate of drug-likeness (QED) is 0.721. The Balaban J connectivity index is 2.90. The van der Waals surface area contributed by atoms with Crippen molar-refractivity contribution in [3.8, 4) is 5.75 Å². The molecule has 0 fully saturated rings. The van der Waals surface area contributed by atoms with Gasteiger partial charge >= 0.3 is 7.12 Å². The molecule has 0 saturated heterocycles. The van der Waals surface area contributed by atoms with E-state index in [1.165, 1.54) is 0 Å². The Bertz CT molecular complexity index is 382. The highest BCUT2D eigenvalue weighted by molar-refractivity contribution is 6.59. The van der Waals surface area contributed by atoms with E-state index in [2.05, 4.69) is 18.7 Å². The summed E-state index contributed by atoms with van der Waals surface area (Å²) in [7, 11) is 2.18. The fourth-order valence-corrected chi connectivity index (χ4v) is 2.08. The van der Waals surface area contributed by atoms with E-state index in [9.17, 15) is 10.0 Å². The van der Waals surface area contributed by atoms with Crippen LogP contribution in [-0.2, 0) is 6.54 Å². The zero-order chi connectivity index (χ0) is 13.7. The van der Waals surface area contributed by atoms with Crippen LogP contribution in [-0.4, -0.2) is 42.8 Å². The van der Waals surface area contributed by atoms with Crippen molar-refractivity contribution in [2.24, 2.45) is 5.92 Å². The maximum atomic E-state index is 9.36. The monoisotopic (exact) mass is 251 g/mol. The summed E-state index contributed by atoms with van der Waals surface area (Å²) in [4.78, 5) is 2.16. The number of hydrogen-bond donors (Lipinski definition) is 2. The summed E-state index contributed by atoms with van der Waals surface area (Å²) < 4.78 is 5.17. The first-order valence-corrected chi connectivity index (χ1v) is 6.15. The van der Waals surface area contributed by atoms with E-state index in [-0.39, 0.29) is 0 Å². The third-order valence-corrected chi connectivity index (χ3v) is 2.75. The van der Waals surface area contributed by atoms with Gasteiger partial charge < -0.3 is 19.7 Å². The predicted molar refractivity (Wildman–Crippen MR) is 74.0 cm³/mol. The lowest BCUT2D eigenvalue weighted by molar-refractivity contribution is 0.288. The van der Waals surface area contributed by atoms with E-state index < -0.39 is 7.12 Å². The molecule has 0 atom stereocenters. The van der Waals surface area contributed by atoms with Crippen molar-refractivity contribution in [3.05, 3.63) is 23.8 Å². The lowest BCUT2D eigenvalue weighted by Crippen LogP contribution is -2.35. The molecule has 5 heteroatoms. The zero-order valence-electron chi connectivity index (χ0n) is 11.6. The molecule has 0 unspecified atom stereocenters. The molecule has 0 aliphatic heterocycles. The smallest absolute Gasteiger partial charge is 0.488 e. The van der Waals surface area contributed by atoms with Crippen LogP contribution in [0.15, 0.2) is 18.2 Å². The number of ether oxygens (including phenoxy) is 1. The second-order valence-electron chi connectivity index (χ2n) is 5.03. The molecule has 0 saturated carbocycles. The Morgan fingerprint density at radius 2 is 2.00 bits per heavy atom. The lowest BCUT2D eigenvalue weighted by Gasteiger charge is -2.21. The number of hydrogen-bond acceptors (Lipinski definition) is 4. The summed E-state index contributed by atoms with van der Waals surface area (Å²) >= 11 is 0. The molecule has 100 valence electrons. The summed E-state index contributed by atoms with van der Waals surface area (Å²) in [6.07, 6.45) is 0. The SMILES string of the molecule is COc1ccc(B(O)O)c(CN(C)CC(C)C)c1. The van der Waals surface area contributed by atoms with E-state index in [4.69, 9.17) is 4.74 Å². The first kappa shape index (κ1) is 15.0. The highest BCUT2D eigenvalue weighted by Crippen LogP contribution is 2.13. The highest BCUT2D eigenvalue weighted by atomic mass is 16.5. The zero-order valence-corrected chi connectivity index (χ0v) is 11.6. The molecule has 0 spiro atoms. The van der Waals surface area contributed by atoms with Crippen molar-refractivity contribution < 1.29 is 14.8 Å². The molecule has 18 heavy (non-hydrogen) atoms. The van der Waals surface area contributed by atoms with Crippen molar-refractivity contribution in [3.63, 3.8) is 0 Å². The third-order valence-electron chi connectivity index (χ3n) is 2.75. The van der Waals surface area contributed by atoms with E-state index in [1.54, 1.807) is 19.2 Å².